The molecule has 106 valence electrons. The SMILES string of the molecule is CN1CCCN(c2nc(NN)nc3ccccc23)CC1. The number of para-hydroxylation sites is 1. The van der Waals surface area contributed by atoms with Crippen LogP contribution in [-0.4, -0.2) is 48.1 Å². The fourth-order valence-corrected chi connectivity index (χ4v) is 2.62. The molecule has 1 aliphatic heterocycles. The van der Waals surface area contributed by atoms with Gasteiger partial charge in [0.1, 0.15) is 5.82 Å². The van der Waals surface area contributed by atoms with Gasteiger partial charge in [0.2, 0.25) is 5.95 Å². The molecule has 3 rings (SSSR count). The van der Waals surface area contributed by atoms with Crippen molar-refractivity contribution < 1.29 is 0 Å². The van der Waals surface area contributed by atoms with Crippen molar-refractivity contribution in [2.75, 3.05) is 43.6 Å². The number of benzene rings is 1. The van der Waals surface area contributed by atoms with Gasteiger partial charge in [0.25, 0.3) is 0 Å². The van der Waals surface area contributed by atoms with Gasteiger partial charge in [-0.1, -0.05) is 12.1 Å². The van der Waals surface area contributed by atoms with Crippen molar-refractivity contribution in [2.24, 2.45) is 5.84 Å². The second kappa shape index (κ2) is 5.60. The smallest absolute Gasteiger partial charge is 0.239 e. The number of nitrogens with two attached hydrogens (primary N) is 1. The third-order valence-corrected chi connectivity index (χ3v) is 3.73. The fourth-order valence-electron chi connectivity index (χ4n) is 2.62. The molecule has 0 unspecified atom stereocenters. The molecule has 0 bridgehead atoms. The second-order valence-corrected chi connectivity index (χ2v) is 5.18. The molecule has 6 heteroatoms. The first-order valence-electron chi connectivity index (χ1n) is 6.95. The Bertz CT molecular complexity index is 599. The fraction of sp³-hybridized carbons (Fsp3) is 0.429. The molecule has 1 aliphatic rings. The number of rotatable bonds is 2. The molecule has 2 heterocycles. The lowest BCUT2D eigenvalue weighted by molar-refractivity contribution is 0.360. The van der Waals surface area contributed by atoms with E-state index in [4.69, 9.17) is 5.84 Å². The van der Waals surface area contributed by atoms with E-state index in [1.165, 1.54) is 0 Å². The molecular weight excluding hydrogens is 252 g/mol. The first kappa shape index (κ1) is 13.1. The normalized spacial score (nSPS) is 17.2. The van der Waals surface area contributed by atoms with Crippen molar-refractivity contribution in [1.82, 2.24) is 14.9 Å². The van der Waals surface area contributed by atoms with Crippen molar-refractivity contribution in [3.05, 3.63) is 24.3 Å². The standard InChI is InChI=1S/C14H20N6/c1-19-7-4-8-20(10-9-19)13-11-5-2-3-6-12(11)16-14(17-13)18-15/h2-3,5-6H,4,7-10,15H2,1H3,(H,16,17,18). The summed E-state index contributed by atoms with van der Waals surface area (Å²) in [7, 11) is 2.16. The van der Waals surface area contributed by atoms with E-state index in [9.17, 15) is 0 Å². The maximum absolute atomic E-state index is 5.49. The Morgan fingerprint density at radius 3 is 2.80 bits per heavy atom. The van der Waals surface area contributed by atoms with Gasteiger partial charge in [0.05, 0.1) is 5.52 Å². The molecule has 0 radical (unpaired) electrons. The van der Waals surface area contributed by atoms with E-state index in [1.54, 1.807) is 0 Å². The molecule has 3 N–H and O–H groups in total. The summed E-state index contributed by atoms with van der Waals surface area (Å²) in [5.74, 6) is 6.93. The van der Waals surface area contributed by atoms with Gasteiger partial charge in [-0.2, -0.15) is 4.98 Å². The summed E-state index contributed by atoms with van der Waals surface area (Å²) in [6, 6.07) is 8.06. The lowest BCUT2D eigenvalue weighted by Gasteiger charge is -2.23. The van der Waals surface area contributed by atoms with Gasteiger partial charge in [-0.15, -0.1) is 0 Å². The van der Waals surface area contributed by atoms with E-state index in [-0.39, 0.29) is 0 Å². The van der Waals surface area contributed by atoms with Crippen molar-refractivity contribution in [3.63, 3.8) is 0 Å². The van der Waals surface area contributed by atoms with Crippen molar-refractivity contribution in [3.8, 4) is 0 Å². The number of nitrogen functional groups attached to an aromatic ring is 1. The van der Waals surface area contributed by atoms with Gasteiger partial charge in [-0.05, 0) is 32.1 Å². The molecule has 0 saturated carbocycles. The van der Waals surface area contributed by atoms with Crippen LogP contribution in [0.2, 0.25) is 0 Å². The summed E-state index contributed by atoms with van der Waals surface area (Å²) < 4.78 is 0. The zero-order valence-corrected chi connectivity index (χ0v) is 11.7. The first-order valence-corrected chi connectivity index (χ1v) is 6.95. The Kier molecular flexibility index (Phi) is 3.66. The van der Waals surface area contributed by atoms with Crippen LogP contribution in [0, 0.1) is 0 Å². The maximum atomic E-state index is 5.49. The van der Waals surface area contributed by atoms with Gasteiger partial charge in [-0.3, -0.25) is 5.43 Å². The largest absolute Gasteiger partial charge is 0.355 e. The van der Waals surface area contributed by atoms with Crippen LogP contribution in [0.3, 0.4) is 0 Å². The summed E-state index contributed by atoms with van der Waals surface area (Å²) >= 11 is 0. The van der Waals surface area contributed by atoms with Crippen LogP contribution < -0.4 is 16.2 Å². The van der Waals surface area contributed by atoms with Crippen molar-refractivity contribution in [2.45, 2.75) is 6.42 Å². The van der Waals surface area contributed by atoms with E-state index in [0.717, 1.165) is 49.3 Å². The van der Waals surface area contributed by atoms with Gasteiger partial charge in [-0.25, -0.2) is 10.8 Å². The maximum Gasteiger partial charge on any atom is 0.239 e. The summed E-state index contributed by atoms with van der Waals surface area (Å²) in [4.78, 5) is 13.7. The minimum atomic E-state index is 0.469. The quantitative estimate of drug-likeness (QED) is 0.629. The van der Waals surface area contributed by atoms with Crippen LogP contribution in [0.15, 0.2) is 24.3 Å². The summed E-state index contributed by atoms with van der Waals surface area (Å²) in [6.07, 6.45) is 1.14. The zero-order chi connectivity index (χ0) is 13.9. The van der Waals surface area contributed by atoms with Gasteiger partial charge >= 0.3 is 0 Å². The lowest BCUT2D eigenvalue weighted by atomic mass is 10.2. The lowest BCUT2D eigenvalue weighted by Crippen LogP contribution is -2.30. The molecule has 2 aromatic rings. The molecule has 0 atom stereocenters. The van der Waals surface area contributed by atoms with Crippen molar-refractivity contribution in [1.29, 1.82) is 0 Å². The number of aromatic nitrogens is 2. The summed E-state index contributed by atoms with van der Waals surface area (Å²) in [5.41, 5.74) is 3.48. The highest BCUT2D eigenvalue weighted by atomic mass is 15.3. The number of hydrogen-bond acceptors (Lipinski definition) is 6. The minimum absolute atomic E-state index is 0.469. The average Bonchev–Trinajstić information content (AvgIpc) is 2.71. The van der Waals surface area contributed by atoms with E-state index in [1.807, 2.05) is 18.2 Å². The Morgan fingerprint density at radius 1 is 1.10 bits per heavy atom. The number of anilines is 2. The van der Waals surface area contributed by atoms with E-state index >= 15 is 0 Å². The van der Waals surface area contributed by atoms with Crippen LogP contribution in [0.1, 0.15) is 6.42 Å². The summed E-state index contributed by atoms with van der Waals surface area (Å²) in [6.45, 7) is 4.15. The van der Waals surface area contributed by atoms with Crippen LogP contribution >= 0.6 is 0 Å². The number of nitrogens with zero attached hydrogens (tertiary/aromatic N) is 4. The minimum Gasteiger partial charge on any atom is -0.355 e. The van der Waals surface area contributed by atoms with Crippen molar-refractivity contribution >= 4 is 22.7 Å². The van der Waals surface area contributed by atoms with Crippen LogP contribution in [0.5, 0.6) is 0 Å². The van der Waals surface area contributed by atoms with Gasteiger partial charge in [0, 0.05) is 25.0 Å². The number of fused-ring (bicyclic) bond motifs is 1. The average molecular weight is 272 g/mol. The number of hydrogen-bond donors (Lipinski definition) is 2. The molecule has 20 heavy (non-hydrogen) atoms. The van der Waals surface area contributed by atoms with Crippen LogP contribution in [0.4, 0.5) is 11.8 Å². The molecule has 0 spiro atoms. The number of nitrogens with one attached hydrogen (secondary N) is 1. The molecule has 0 aliphatic carbocycles. The highest BCUT2D eigenvalue weighted by Crippen LogP contribution is 2.25. The highest BCUT2D eigenvalue weighted by Gasteiger charge is 2.17. The molecule has 1 aromatic heterocycles. The Balaban J connectivity index is 2.04. The Hall–Kier alpha value is -1.92. The predicted octanol–water partition coefficient (Wildman–Crippen LogP) is 1.06. The molecule has 0 amide bonds. The van der Waals surface area contributed by atoms with Crippen LogP contribution in [0.25, 0.3) is 10.9 Å². The zero-order valence-electron chi connectivity index (χ0n) is 11.7. The molecular formula is C14H20N6. The predicted molar refractivity (Wildman–Crippen MR) is 81.7 cm³/mol. The Morgan fingerprint density at radius 2 is 1.95 bits per heavy atom. The van der Waals surface area contributed by atoms with Gasteiger partial charge in [0.15, 0.2) is 0 Å². The van der Waals surface area contributed by atoms with E-state index in [2.05, 4.69) is 38.3 Å². The highest BCUT2D eigenvalue weighted by molar-refractivity contribution is 5.90. The third kappa shape index (κ3) is 2.52. The Labute approximate surface area is 118 Å². The van der Waals surface area contributed by atoms with Crippen LogP contribution in [-0.2, 0) is 0 Å². The van der Waals surface area contributed by atoms with E-state index < -0.39 is 0 Å². The van der Waals surface area contributed by atoms with E-state index in [0.29, 0.717) is 5.95 Å². The number of hydrazine groups is 1. The molecule has 6 nitrogen and oxygen atoms in total. The molecule has 1 aromatic carbocycles. The number of likely N-dealkylation sites (N-methyl/N-ethyl adjacent to an activating group) is 1. The first-order chi connectivity index (χ1) is 9.78. The summed E-state index contributed by atoms with van der Waals surface area (Å²) in [5, 5.41) is 1.08. The monoisotopic (exact) mass is 272 g/mol. The topological polar surface area (TPSA) is 70.3 Å². The van der Waals surface area contributed by atoms with Gasteiger partial charge < -0.3 is 9.80 Å². The second-order valence-electron chi connectivity index (χ2n) is 5.18. The molecule has 1 saturated heterocycles. The third-order valence-electron chi connectivity index (χ3n) is 3.73. The molecule has 1 fully saturated rings.